The first-order chi connectivity index (χ1) is 7.41. The van der Waals surface area contributed by atoms with Crippen LogP contribution >= 0.6 is 12.4 Å². The molecule has 96 valence electrons. The van der Waals surface area contributed by atoms with E-state index in [-0.39, 0.29) is 30.3 Å². The number of benzene rings is 1. The summed E-state index contributed by atoms with van der Waals surface area (Å²) in [6.45, 7) is 3.54. The first-order valence-corrected chi connectivity index (χ1v) is 4.88. The van der Waals surface area contributed by atoms with Crippen LogP contribution in [0.5, 0.6) is 0 Å². The number of rotatable bonds is 4. The largest absolute Gasteiger partial charge is 0.397 e. The molecule has 1 aromatic carbocycles. The van der Waals surface area contributed by atoms with Crippen molar-refractivity contribution in [3.05, 3.63) is 27.8 Å². The van der Waals surface area contributed by atoms with Crippen LogP contribution in [0.1, 0.15) is 12.5 Å². The Balaban J connectivity index is 0.00000256. The number of nitro benzene ring substituents is 1. The zero-order chi connectivity index (χ0) is 12.3. The zero-order valence-corrected chi connectivity index (χ0v) is 10.5. The minimum atomic E-state index is -0.597. The Bertz CT molecular complexity index is 410. The van der Waals surface area contributed by atoms with E-state index < -0.39 is 11.0 Å². The van der Waals surface area contributed by atoms with Gasteiger partial charge in [-0.15, -0.1) is 12.4 Å². The molecule has 1 rings (SSSR count). The van der Waals surface area contributed by atoms with Crippen molar-refractivity contribution in [2.45, 2.75) is 20.0 Å². The summed E-state index contributed by atoms with van der Waals surface area (Å²) in [5, 5.41) is 22.7. The SMILES string of the molecule is Cc1cc(N)c(NCC(C)O)c([N+](=O)[O-])c1.Cl. The quantitative estimate of drug-likeness (QED) is 0.435. The second kappa shape index (κ2) is 6.27. The molecule has 1 atom stereocenters. The van der Waals surface area contributed by atoms with Crippen LogP contribution in [0.2, 0.25) is 0 Å². The fourth-order valence-electron chi connectivity index (χ4n) is 1.38. The molecule has 0 spiro atoms. The highest BCUT2D eigenvalue weighted by Crippen LogP contribution is 2.31. The molecule has 1 aromatic rings. The predicted molar refractivity (Wildman–Crippen MR) is 69.7 cm³/mol. The molecule has 0 aliphatic rings. The van der Waals surface area contributed by atoms with Gasteiger partial charge in [0.2, 0.25) is 0 Å². The molecule has 4 N–H and O–H groups in total. The standard InChI is InChI=1S/C10H15N3O3.ClH/c1-6-3-8(11)10(12-5-7(2)14)9(4-6)13(15)16;/h3-4,7,12,14H,5,11H2,1-2H3;1H. The number of hydrogen-bond donors (Lipinski definition) is 3. The van der Waals surface area contributed by atoms with Gasteiger partial charge in [-0.2, -0.15) is 0 Å². The average Bonchev–Trinajstić information content (AvgIpc) is 2.14. The van der Waals surface area contributed by atoms with Gasteiger partial charge in [-0.3, -0.25) is 10.1 Å². The number of nitrogens with zero attached hydrogens (tertiary/aromatic N) is 1. The number of nitrogens with two attached hydrogens (primary N) is 1. The molecule has 6 nitrogen and oxygen atoms in total. The van der Waals surface area contributed by atoms with E-state index in [1.807, 2.05) is 0 Å². The molecule has 0 radical (unpaired) electrons. The Kier molecular flexibility index (Phi) is 5.70. The maximum absolute atomic E-state index is 10.8. The molecule has 17 heavy (non-hydrogen) atoms. The number of nitrogens with one attached hydrogen (secondary N) is 1. The van der Waals surface area contributed by atoms with Crippen LogP contribution in [-0.4, -0.2) is 22.7 Å². The molecule has 7 heteroatoms. The van der Waals surface area contributed by atoms with Gasteiger partial charge in [0.05, 0.1) is 16.7 Å². The lowest BCUT2D eigenvalue weighted by molar-refractivity contribution is -0.383. The van der Waals surface area contributed by atoms with E-state index in [9.17, 15) is 10.1 Å². The molecule has 0 bridgehead atoms. The molecule has 0 aliphatic carbocycles. The normalized spacial score (nSPS) is 11.5. The lowest BCUT2D eigenvalue weighted by atomic mass is 10.1. The van der Waals surface area contributed by atoms with Crippen LogP contribution in [0.4, 0.5) is 17.1 Å². The topological polar surface area (TPSA) is 101 Å². The third-order valence-electron chi connectivity index (χ3n) is 2.06. The number of anilines is 2. The zero-order valence-electron chi connectivity index (χ0n) is 9.64. The summed E-state index contributed by atoms with van der Waals surface area (Å²) in [5.41, 5.74) is 6.93. The van der Waals surface area contributed by atoms with Gasteiger partial charge < -0.3 is 16.2 Å². The van der Waals surface area contributed by atoms with Crippen LogP contribution < -0.4 is 11.1 Å². The minimum absolute atomic E-state index is 0. The van der Waals surface area contributed by atoms with Crippen molar-refractivity contribution in [2.75, 3.05) is 17.6 Å². The molecule has 0 saturated heterocycles. The summed E-state index contributed by atoms with van der Waals surface area (Å²) in [4.78, 5) is 10.3. The van der Waals surface area contributed by atoms with Crippen molar-refractivity contribution in [3.63, 3.8) is 0 Å². The van der Waals surface area contributed by atoms with E-state index in [1.54, 1.807) is 19.9 Å². The summed E-state index contributed by atoms with van der Waals surface area (Å²) in [7, 11) is 0. The number of aliphatic hydroxyl groups is 1. The summed E-state index contributed by atoms with van der Waals surface area (Å²) >= 11 is 0. The third kappa shape index (κ3) is 4.08. The smallest absolute Gasteiger partial charge is 0.294 e. The van der Waals surface area contributed by atoms with Gasteiger partial charge in [0, 0.05) is 12.6 Å². The summed E-state index contributed by atoms with van der Waals surface area (Å²) in [6, 6.07) is 3.10. The van der Waals surface area contributed by atoms with Crippen molar-refractivity contribution in [1.29, 1.82) is 0 Å². The van der Waals surface area contributed by atoms with Crippen LogP contribution in [0.3, 0.4) is 0 Å². The second-order valence-electron chi connectivity index (χ2n) is 3.74. The van der Waals surface area contributed by atoms with Crippen molar-refractivity contribution < 1.29 is 10.0 Å². The maximum Gasteiger partial charge on any atom is 0.294 e. The van der Waals surface area contributed by atoms with E-state index >= 15 is 0 Å². The molecular weight excluding hydrogens is 246 g/mol. The van der Waals surface area contributed by atoms with Crippen LogP contribution in [0.25, 0.3) is 0 Å². The third-order valence-corrected chi connectivity index (χ3v) is 2.06. The van der Waals surface area contributed by atoms with E-state index in [4.69, 9.17) is 10.8 Å². The van der Waals surface area contributed by atoms with Gasteiger partial charge in [-0.1, -0.05) is 0 Å². The number of aliphatic hydroxyl groups excluding tert-OH is 1. The molecule has 1 unspecified atom stereocenters. The lowest BCUT2D eigenvalue weighted by Gasteiger charge is -2.11. The van der Waals surface area contributed by atoms with E-state index in [1.165, 1.54) is 6.07 Å². The number of hydrogen-bond acceptors (Lipinski definition) is 5. The molecule has 0 aliphatic heterocycles. The summed E-state index contributed by atoms with van der Waals surface area (Å²) in [6.07, 6.45) is -0.597. The lowest BCUT2D eigenvalue weighted by Crippen LogP contribution is -2.17. The first-order valence-electron chi connectivity index (χ1n) is 4.88. The highest BCUT2D eigenvalue weighted by molar-refractivity contribution is 5.85. The first kappa shape index (κ1) is 15.5. The van der Waals surface area contributed by atoms with Gasteiger partial charge in [-0.25, -0.2) is 0 Å². The maximum atomic E-state index is 10.8. The number of halogens is 1. The predicted octanol–water partition coefficient (Wildman–Crippen LogP) is 1.70. The fourth-order valence-corrected chi connectivity index (χ4v) is 1.38. The fraction of sp³-hybridized carbons (Fsp3) is 0.400. The van der Waals surface area contributed by atoms with Gasteiger partial charge in [0.15, 0.2) is 0 Å². The molecular formula is C10H16ClN3O3. The Hall–Kier alpha value is -1.53. The molecule has 0 saturated carbocycles. The van der Waals surface area contributed by atoms with Gasteiger partial charge in [0.1, 0.15) is 5.69 Å². The number of nitro groups is 1. The van der Waals surface area contributed by atoms with Gasteiger partial charge in [0.25, 0.3) is 5.69 Å². The molecule has 0 fully saturated rings. The summed E-state index contributed by atoms with van der Waals surface area (Å²) in [5.74, 6) is 0. The molecule has 0 amide bonds. The monoisotopic (exact) mass is 261 g/mol. The minimum Gasteiger partial charge on any atom is -0.397 e. The van der Waals surface area contributed by atoms with Gasteiger partial charge >= 0.3 is 0 Å². The van der Waals surface area contributed by atoms with Crippen LogP contribution in [0, 0.1) is 17.0 Å². The second-order valence-corrected chi connectivity index (χ2v) is 3.74. The van der Waals surface area contributed by atoms with Crippen molar-refractivity contribution in [2.24, 2.45) is 0 Å². The average molecular weight is 262 g/mol. The Morgan fingerprint density at radius 3 is 2.65 bits per heavy atom. The van der Waals surface area contributed by atoms with Crippen molar-refractivity contribution in [3.8, 4) is 0 Å². The van der Waals surface area contributed by atoms with Crippen molar-refractivity contribution >= 4 is 29.5 Å². The highest BCUT2D eigenvalue weighted by Gasteiger charge is 2.17. The number of aryl methyl sites for hydroxylation is 1. The van der Waals surface area contributed by atoms with Crippen molar-refractivity contribution in [1.82, 2.24) is 0 Å². The van der Waals surface area contributed by atoms with Crippen LogP contribution in [-0.2, 0) is 0 Å². The van der Waals surface area contributed by atoms with Crippen LogP contribution in [0.15, 0.2) is 12.1 Å². The Morgan fingerprint density at radius 2 is 2.18 bits per heavy atom. The van der Waals surface area contributed by atoms with E-state index in [2.05, 4.69) is 5.32 Å². The Labute approximate surface area is 105 Å². The highest BCUT2D eigenvalue weighted by atomic mass is 35.5. The summed E-state index contributed by atoms with van der Waals surface area (Å²) < 4.78 is 0. The Morgan fingerprint density at radius 1 is 1.59 bits per heavy atom. The van der Waals surface area contributed by atoms with Gasteiger partial charge in [-0.05, 0) is 25.5 Å². The van der Waals surface area contributed by atoms with E-state index in [0.717, 1.165) is 5.56 Å². The number of nitrogen functional groups attached to an aromatic ring is 1. The van der Waals surface area contributed by atoms with E-state index in [0.29, 0.717) is 5.69 Å². The molecule has 0 heterocycles. The molecule has 0 aromatic heterocycles.